The molecule has 3 aromatic carbocycles. The summed E-state index contributed by atoms with van der Waals surface area (Å²) in [5, 5.41) is 0.651. The zero-order chi connectivity index (χ0) is 27.4. The van der Waals surface area contributed by atoms with Crippen molar-refractivity contribution in [2.75, 3.05) is 30.6 Å². The molecule has 1 aromatic heterocycles. The number of nitrogens with zero attached hydrogens (tertiary/aromatic N) is 3. The summed E-state index contributed by atoms with van der Waals surface area (Å²) >= 11 is 8.34. The van der Waals surface area contributed by atoms with Gasteiger partial charge in [0.05, 0.1) is 10.7 Å². The highest BCUT2D eigenvalue weighted by Crippen LogP contribution is 2.40. The van der Waals surface area contributed by atoms with Crippen molar-refractivity contribution in [1.29, 1.82) is 0 Å². The third kappa shape index (κ3) is 6.67. The van der Waals surface area contributed by atoms with E-state index < -0.39 is 0 Å². The summed E-state index contributed by atoms with van der Waals surface area (Å²) in [5.74, 6) is 2.22. The van der Waals surface area contributed by atoms with Crippen LogP contribution in [0.5, 0.6) is 11.6 Å². The van der Waals surface area contributed by atoms with Gasteiger partial charge in [-0.1, -0.05) is 67.9 Å². The molecular weight excluding hydrogens is 526 g/mol. The second-order valence-electron chi connectivity index (χ2n) is 10.3. The van der Waals surface area contributed by atoms with Gasteiger partial charge in [-0.25, -0.2) is 4.98 Å². The predicted octanol–water partition coefficient (Wildman–Crippen LogP) is 8.22. The van der Waals surface area contributed by atoms with Crippen LogP contribution in [-0.2, 0) is 0 Å². The Labute approximate surface area is 240 Å². The lowest BCUT2D eigenvalue weighted by Crippen LogP contribution is -2.29. The molecule has 0 spiro atoms. The van der Waals surface area contributed by atoms with Crippen LogP contribution in [-0.4, -0.2) is 35.0 Å². The molecule has 0 saturated carbocycles. The predicted molar refractivity (Wildman–Crippen MR) is 163 cm³/mol. The quantitative estimate of drug-likeness (QED) is 0.166. The van der Waals surface area contributed by atoms with Crippen LogP contribution in [0.15, 0.2) is 77.7 Å². The molecule has 5 rings (SSSR count). The van der Waals surface area contributed by atoms with Gasteiger partial charge in [-0.05, 0) is 92.2 Å². The Morgan fingerprint density at radius 1 is 1.00 bits per heavy atom. The van der Waals surface area contributed by atoms with E-state index in [0.29, 0.717) is 40.1 Å². The Hall–Kier alpha value is -3.26. The van der Waals surface area contributed by atoms with Crippen molar-refractivity contribution in [1.82, 2.24) is 14.9 Å². The van der Waals surface area contributed by atoms with E-state index in [1.807, 2.05) is 48.5 Å². The average Bonchev–Trinajstić information content (AvgIpc) is 2.93. The molecule has 8 heteroatoms. The number of benzene rings is 3. The van der Waals surface area contributed by atoms with Gasteiger partial charge in [0.15, 0.2) is 0 Å². The summed E-state index contributed by atoms with van der Waals surface area (Å²) in [6, 6.07) is 23.9. The highest BCUT2D eigenvalue weighted by atomic mass is 35.5. The number of hydrogen-bond acceptors (Lipinski definition) is 7. The van der Waals surface area contributed by atoms with E-state index >= 15 is 0 Å². The van der Waals surface area contributed by atoms with Gasteiger partial charge in [-0.3, -0.25) is 4.72 Å². The number of aromatic nitrogens is 2. The molecule has 4 aromatic rings. The topological polar surface area (TPSA) is 76.3 Å². The molecule has 39 heavy (non-hydrogen) atoms. The van der Waals surface area contributed by atoms with Crippen LogP contribution in [0, 0.1) is 0 Å². The fourth-order valence-corrected chi connectivity index (χ4v) is 5.89. The molecule has 0 unspecified atom stereocenters. The Balaban J connectivity index is 1.48. The van der Waals surface area contributed by atoms with Gasteiger partial charge >= 0.3 is 0 Å². The Morgan fingerprint density at radius 2 is 1.77 bits per heavy atom. The molecule has 0 atom stereocenters. The lowest BCUT2D eigenvalue weighted by molar-refractivity contribution is 0.255. The molecule has 6 nitrogen and oxygen atoms in total. The maximum absolute atomic E-state index is 6.93. The Morgan fingerprint density at radius 3 is 2.54 bits per heavy atom. The SMILES string of the molecule is CC(C)c1ccccc1-c1cc(Oc2cccc(C3CCN(C)CC3)c2Cl)nc(NSc2cccc(N)c2)n1. The lowest BCUT2D eigenvalue weighted by atomic mass is 9.89. The number of nitrogens with two attached hydrogens (primary N) is 1. The van der Waals surface area contributed by atoms with Crippen LogP contribution in [0.3, 0.4) is 0 Å². The molecule has 0 bridgehead atoms. The molecule has 1 saturated heterocycles. The number of nitrogens with one attached hydrogen (secondary N) is 1. The van der Waals surface area contributed by atoms with Gasteiger partial charge < -0.3 is 15.4 Å². The first kappa shape index (κ1) is 27.3. The van der Waals surface area contributed by atoms with Gasteiger partial charge in [0.25, 0.3) is 0 Å². The average molecular weight is 560 g/mol. The van der Waals surface area contributed by atoms with Crippen molar-refractivity contribution in [2.45, 2.75) is 43.4 Å². The van der Waals surface area contributed by atoms with Gasteiger partial charge in [0.2, 0.25) is 11.8 Å². The van der Waals surface area contributed by atoms with Crippen LogP contribution in [0.4, 0.5) is 11.6 Å². The molecular formula is C31H34ClN5OS. The number of piperidine rings is 1. The molecule has 202 valence electrons. The number of nitrogen functional groups attached to an aromatic ring is 1. The molecule has 0 radical (unpaired) electrons. The smallest absolute Gasteiger partial charge is 0.237 e. The number of hydrogen-bond donors (Lipinski definition) is 2. The van der Waals surface area contributed by atoms with Crippen molar-refractivity contribution < 1.29 is 4.74 Å². The van der Waals surface area contributed by atoms with Crippen LogP contribution in [0.25, 0.3) is 11.3 Å². The van der Waals surface area contributed by atoms with Gasteiger partial charge in [-0.15, -0.1) is 0 Å². The summed E-state index contributed by atoms with van der Waals surface area (Å²) in [6.07, 6.45) is 2.16. The maximum atomic E-state index is 6.93. The molecule has 3 N–H and O–H groups in total. The second-order valence-corrected chi connectivity index (χ2v) is 11.5. The fourth-order valence-electron chi connectivity index (χ4n) is 4.93. The summed E-state index contributed by atoms with van der Waals surface area (Å²) in [7, 11) is 2.16. The standard InChI is InChI=1S/C31H34ClN5OS/c1-20(2)24-10-4-5-11-26(24)27-19-29(35-31(34-27)36-39-23-9-6-8-22(33)18-23)38-28-13-7-12-25(30(28)32)21-14-16-37(3)17-15-21/h4-13,18-21H,14-17,33H2,1-3H3,(H,34,35,36). The normalized spacial score (nSPS) is 14.5. The Bertz CT molecular complexity index is 1440. The zero-order valence-corrected chi connectivity index (χ0v) is 24.1. The zero-order valence-electron chi connectivity index (χ0n) is 22.5. The first-order valence-corrected chi connectivity index (χ1v) is 14.5. The molecule has 2 heterocycles. The van der Waals surface area contributed by atoms with E-state index in [1.165, 1.54) is 17.5 Å². The van der Waals surface area contributed by atoms with Gasteiger partial charge in [0.1, 0.15) is 5.75 Å². The minimum atomic E-state index is 0.333. The summed E-state index contributed by atoms with van der Waals surface area (Å²) in [5.41, 5.74) is 10.8. The van der Waals surface area contributed by atoms with Crippen molar-refractivity contribution >= 4 is 35.2 Å². The Kier molecular flexibility index (Phi) is 8.60. The summed E-state index contributed by atoms with van der Waals surface area (Å²) in [6.45, 7) is 6.49. The monoisotopic (exact) mass is 559 g/mol. The van der Waals surface area contributed by atoms with E-state index in [1.54, 1.807) is 0 Å². The summed E-state index contributed by atoms with van der Waals surface area (Å²) in [4.78, 5) is 12.9. The van der Waals surface area contributed by atoms with E-state index in [0.717, 1.165) is 47.6 Å². The fraction of sp³-hybridized carbons (Fsp3) is 0.290. The molecule has 0 amide bonds. The van der Waals surface area contributed by atoms with Crippen LogP contribution in [0.1, 0.15) is 49.7 Å². The molecule has 0 aliphatic carbocycles. The second kappa shape index (κ2) is 12.3. The number of anilines is 2. The van der Waals surface area contributed by atoms with Crippen LogP contribution < -0.4 is 15.2 Å². The van der Waals surface area contributed by atoms with Crippen LogP contribution in [0.2, 0.25) is 5.02 Å². The maximum Gasteiger partial charge on any atom is 0.237 e. The highest BCUT2D eigenvalue weighted by Gasteiger charge is 2.22. The van der Waals surface area contributed by atoms with Gasteiger partial charge in [-0.2, -0.15) is 4.98 Å². The van der Waals surface area contributed by atoms with Crippen molar-refractivity contribution in [3.63, 3.8) is 0 Å². The van der Waals surface area contributed by atoms with E-state index in [-0.39, 0.29) is 0 Å². The highest BCUT2D eigenvalue weighted by molar-refractivity contribution is 8.00. The molecule has 1 aliphatic rings. The summed E-state index contributed by atoms with van der Waals surface area (Å²) < 4.78 is 9.65. The van der Waals surface area contributed by atoms with E-state index in [9.17, 15) is 0 Å². The third-order valence-corrected chi connectivity index (χ3v) is 8.22. The van der Waals surface area contributed by atoms with E-state index in [4.69, 9.17) is 32.0 Å². The van der Waals surface area contributed by atoms with Crippen molar-refractivity contribution in [2.24, 2.45) is 0 Å². The molecule has 1 aliphatic heterocycles. The number of halogens is 1. The first-order valence-electron chi connectivity index (χ1n) is 13.3. The lowest BCUT2D eigenvalue weighted by Gasteiger charge is -2.29. The number of ether oxygens (including phenoxy) is 1. The first-order chi connectivity index (χ1) is 18.9. The van der Waals surface area contributed by atoms with Gasteiger partial charge in [0, 0.05) is 22.2 Å². The van der Waals surface area contributed by atoms with E-state index in [2.05, 4.69) is 54.8 Å². The minimum Gasteiger partial charge on any atom is -0.437 e. The van der Waals surface area contributed by atoms with Crippen LogP contribution >= 0.6 is 23.5 Å². The molecule has 1 fully saturated rings. The van der Waals surface area contributed by atoms with Crippen molar-refractivity contribution in [3.05, 3.63) is 88.9 Å². The number of rotatable bonds is 8. The number of likely N-dealkylation sites (tertiary alicyclic amines) is 1. The third-order valence-electron chi connectivity index (χ3n) is 7.05. The largest absolute Gasteiger partial charge is 0.437 e. The van der Waals surface area contributed by atoms with Crippen molar-refractivity contribution in [3.8, 4) is 22.9 Å². The minimum absolute atomic E-state index is 0.333.